The number of nitrogens with one attached hydrogen (secondary N) is 3. The van der Waals surface area contributed by atoms with Gasteiger partial charge < -0.3 is 10.2 Å². The lowest BCUT2D eigenvalue weighted by molar-refractivity contribution is 0.242. The average Bonchev–Trinajstić information content (AvgIpc) is 2.85. The number of likely N-dealkylation sites (N-methyl/N-ethyl adjacent to an activating group) is 1. The van der Waals surface area contributed by atoms with Crippen LogP contribution in [0.5, 0.6) is 0 Å². The van der Waals surface area contributed by atoms with Gasteiger partial charge in [0.25, 0.3) is 10.0 Å². The van der Waals surface area contributed by atoms with Crippen molar-refractivity contribution >= 4 is 10.0 Å². The molecular weight excluding hydrogens is 278 g/mol. The Morgan fingerprint density at radius 1 is 1.55 bits per heavy atom. The van der Waals surface area contributed by atoms with Gasteiger partial charge in [-0.25, -0.2) is 13.1 Å². The Balaban J connectivity index is 2.08. The zero-order valence-electron chi connectivity index (χ0n) is 12.0. The second-order valence-corrected chi connectivity index (χ2v) is 6.88. The maximum absolute atomic E-state index is 12.4. The number of H-pyrrole nitrogens is 1. The first-order chi connectivity index (χ1) is 9.53. The maximum atomic E-state index is 12.4. The molecule has 2 rings (SSSR count). The van der Waals surface area contributed by atoms with Crippen LogP contribution in [0, 0.1) is 0 Å². The Morgan fingerprint density at radius 2 is 2.35 bits per heavy atom. The molecule has 1 aromatic rings. The van der Waals surface area contributed by atoms with Gasteiger partial charge in [0.1, 0.15) is 0 Å². The molecule has 8 heteroatoms. The Morgan fingerprint density at radius 3 is 3.05 bits per heavy atom. The van der Waals surface area contributed by atoms with Crippen LogP contribution in [0.3, 0.4) is 0 Å². The van der Waals surface area contributed by atoms with E-state index in [4.69, 9.17) is 0 Å². The van der Waals surface area contributed by atoms with Crippen molar-refractivity contribution in [3.63, 3.8) is 0 Å². The Labute approximate surface area is 120 Å². The van der Waals surface area contributed by atoms with E-state index in [0.29, 0.717) is 12.1 Å². The van der Waals surface area contributed by atoms with Crippen LogP contribution in [0.1, 0.15) is 25.3 Å². The zero-order valence-corrected chi connectivity index (χ0v) is 12.8. The first kappa shape index (κ1) is 15.4. The number of likely N-dealkylation sites (tertiary alicyclic amines) is 1. The predicted octanol–water partition coefficient (Wildman–Crippen LogP) is -0.108. The highest BCUT2D eigenvalue weighted by Crippen LogP contribution is 2.15. The monoisotopic (exact) mass is 301 g/mol. The molecule has 0 aromatic carbocycles. The van der Waals surface area contributed by atoms with Crippen molar-refractivity contribution in [2.75, 3.05) is 26.7 Å². The van der Waals surface area contributed by atoms with Gasteiger partial charge in [0, 0.05) is 24.7 Å². The highest BCUT2D eigenvalue weighted by Gasteiger charge is 2.26. The van der Waals surface area contributed by atoms with Crippen molar-refractivity contribution < 1.29 is 8.42 Å². The minimum absolute atomic E-state index is 0.0333. The van der Waals surface area contributed by atoms with Gasteiger partial charge >= 0.3 is 0 Å². The van der Waals surface area contributed by atoms with Gasteiger partial charge in [0.2, 0.25) is 0 Å². The standard InChI is InChI=1S/C12H23N5O2S/c1-3-13-7-10-8-14-15-12(10)20(18,19)16-11-5-4-6-17(2)9-11/h8,11,13,16H,3-7,9H2,1-2H3,(H,14,15). The number of sulfonamides is 1. The molecule has 0 spiro atoms. The second kappa shape index (κ2) is 6.66. The number of nitrogens with zero attached hydrogens (tertiary/aromatic N) is 2. The van der Waals surface area contributed by atoms with Crippen LogP contribution in [0.4, 0.5) is 0 Å². The molecule has 0 saturated carbocycles. The molecule has 0 bridgehead atoms. The fourth-order valence-electron chi connectivity index (χ4n) is 2.46. The summed E-state index contributed by atoms with van der Waals surface area (Å²) in [5, 5.41) is 9.74. The maximum Gasteiger partial charge on any atom is 0.258 e. The summed E-state index contributed by atoms with van der Waals surface area (Å²) in [6.45, 7) is 5.02. The molecule has 114 valence electrons. The SMILES string of the molecule is CCNCc1cn[nH]c1S(=O)(=O)NC1CCCN(C)C1. The summed E-state index contributed by atoms with van der Waals surface area (Å²) in [5.41, 5.74) is 0.670. The van der Waals surface area contributed by atoms with E-state index >= 15 is 0 Å². The van der Waals surface area contributed by atoms with E-state index in [1.54, 1.807) is 6.20 Å². The van der Waals surface area contributed by atoms with E-state index in [0.717, 1.165) is 32.5 Å². The fraction of sp³-hybridized carbons (Fsp3) is 0.750. The summed E-state index contributed by atoms with van der Waals surface area (Å²) in [6, 6.07) is -0.0333. The number of hydrogen-bond acceptors (Lipinski definition) is 5. The van der Waals surface area contributed by atoms with Crippen molar-refractivity contribution in [1.82, 2.24) is 25.1 Å². The number of rotatable bonds is 6. The van der Waals surface area contributed by atoms with Crippen LogP contribution < -0.4 is 10.0 Å². The van der Waals surface area contributed by atoms with Gasteiger partial charge in [0.15, 0.2) is 5.03 Å². The summed E-state index contributed by atoms with van der Waals surface area (Å²) < 4.78 is 27.6. The zero-order chi connectivity index (χ0) is 14.6. The summed E-state index contributed by atoms with van der Waals surface area (Å²) in [4.78, 5) is 2.14. The number of hydrogen-bond donors (Lipinski definition) is 3. The molecule has 3 N–H and O–H groups in total. The molecule has 1 aliphatic rings. The summed E-state index contributed by atoms with van der Waals surface area (Å²) >= 11 is 0. The predicted molar refractivity (Wildman–Crippen MR) is 76.8 cm³/mol. The number of aromatic nitrogens is 2. The molecule has 2 heterocycles. The highest BCUT2D eigenvalue weighted by molar-refractivity contribution is 7.89. The van der Waals surface area contributed by atoms with E-state index in [9.17, 15) is 8.42 Å². The van der Waals surface area contributed by atoms with Gasteiger partial charge in [-0.05, 0) is 33.0 Å². The van der Waals surface area contributed by atoms with E-state index in [-0.39, 0.29) is 11.1 Å². The van der Waals surface area contributed by atoms with E-state index in [1.165, 1.54) is 0 Å². The van der Waals surface area contributed by atoms with Crippen LogP contribution in [-0.2, 0) is 16.6 Å². The molecule has 1 fully saturated rings. The fourth-order valence-corrected chi connectivity index (χ4v) is 3.85. The van der Waals surface area contributed by atoms with Gasteiger partial charge in [-0.3, -0.25) is 5.10 Å². The molecule has 0 radical (unpaired) electrons. The van der Waals surface area contributed by atoms with Crippen molar-refractivity contribution in [1.29, 1.82) is 0 Å². The Bertz CT molecular complexity index is 528. The summed E-state index contributed by atoms with van der Waals surface area (Å²) in [6.07, 6.45) is 3.45. The summed E-state index contributed by atoms with van der Waals surface area (Å²) in [7, 11) is -1.53. The van der Waals surface area contributed by atoms with E-state index in [1.807, 2.05) is 14.0 Å². The molecule has 1 aromatic heterocycles. The average molecular weight is 301 g/mol. The minimum atomic E-state index is -3.54. The lowest BCUT2D eigenvalue weighted by Gasteiger charge is -2.29. The third kappa shape index (κ3) is 3.78. The third-order valence-corrected chi connectivity index (χ3v) is 4.99. The molecular formula is C12H23N5O2S. The van der Waals surface area contributed by atoms with Crippen molar-refractivity contribution in [2.45, 2.75) is 37.4 Å². The quantitative estimate of drug-likeness (QED) is 0.682. The number of piperidine rings is 1. The molecule has 0 amide bonds. The second-order valence-electron chi connectivity index (χ2n) is 5.23. The molecule has 1 atom stereocenters. The molecule has 7 nitrogen and oxygen atoms in total. The highest BCUT2D eigenvalue weighted by atomic mass is 32.2. The number of aromatic amines is 1. The van der Waals surface area contributed by atoms with Gasteiger partial charge in [-0.1, -0.05) is 6.92 Å². The topological polar surface area (TPSA) is 90.1 Å². The Kier molecular flexibility index (Phi) is 5.14. The van der Waals surface area contributed by atoms with Crippen LogP contribution in [-0.4, -0.2) is 56.2 Å². The third-order valence-electron chi connectivity index (χ3n) is 3.46. The smallest absolute Gasteiger partial charge is 0.258 e. The van der Waals surface area contributed by atoms with E-state index < -0.39 is 10.0 Å². The van der Waals surface area contributed by atoms with Gasteiger partial charge in [-0.2, -0.15) is 5.10 Å². The molecule has 20 heavy (non-hydrogen) atoms. The van der Waals surface area contributed by atoms with Crippen LogP contribution in [0.15, 0.2) is 11.2 Å². The van der Waals surface area contributed by atoms with Crippen molar-refractivity contribution in [3.05, 3.63) is 11.8 Å². The lowest BCUT2D eigenvalue weighted by atomic mass is 10.1. The first-order valence-corrected chi connectivity index (χ1v) is 8.45. The van der Waals surface area contributed by atoms with Gasteiger partial charge in [-0.15, -0.1) is 0 Å². The van der Waals surface area contributed by atoms with Crippen LogP contribution >= 0.6 is 0 Å². The first-order valence-electron chi connectivity index (χ1n) is 6.96. The minimum Gasteiger partial charge on any atom is -0.313 e. The largest absolute Gasteiger partial charge is 0.313 e. The van der Waals surface area contributed by atoms with E-state index in [2.05, 4.69) is 25.1 Å². The van der Waals surface area contributed by atoms with Crippen molar-refractivity contribution in [2.24, 2.45) is 0 Å². The molecule has 0 aliphatic carbocycles. The summed E-state index contributed by atoms with van der Waals surface area (Å²) in [5.74, 6) is 0. The van der Waals surface area contributed by atoms with Crippen molar-refractivity contribution in [3.8, 4) is 0 Å². The molecule has 1 saturated heterocycles. The van der Waals surface area contributed by atoms with Crippen LogP contribution in [0.25, 0.3) is 0 Å². The normalized spacial score (nSPS) is 21.2. The molecule has 1 unspecified atom stereocenters. The van der Waals surface area contributed by atoms with Crippen LogP contribution in [0.2, 0.25) is 0 Å². The lowest BCUT2D eigenvalue weighted by Crippen LogP contribution is -2.46. The van der Waals surface area contributed by atoms with Gasteiger partial charge in [0.05, 0.1) is 6.20 Å². The Hall–Kier alpha value is -0.960. The molecule has 1 aliphatic heterocycles.